The fraction of sp³-hybridized carbons (Fsp3) is 0.400. The lowest BCUT2D eigenvalue weighted by atomic mass is 9.91. The first-order valence-electron chi connectivity index (χ1n) is 9.31. The molecule has 2 unspecified atom stereocenters. The summed E-state index contributed by atoms with van der Waals surface area (Å²) in [5.41, 5.74) is 0.538. The highest BCUT2D eigenvalue weighted by atomic mass is 16.2. The third-order valence-electron chi connectivity index (χ3n) is 5.15. The van der Waals surface area contributed by atoms with E-state index in [0.717, 1.165) is 16.9 Å². The summed E-state index contributed by atoms with van der Waals surface area (Å²) >= 11 is 0. The van der Waals surface area contributed by atoms with E-state index < -0.39 is 23.4 Å². The number of nitrogens with one attached hydrogen (secondary N) is 2. The number of hydrogen-bond acceptors (Lipinski definition) is 4. The van der Waals surface area contributed by atoms with E-state index in [0.29, 0.717) is 11.4 Å². The van der Waals surface area contributed by atoms with Crippen molar-refractivity contribution in [1.82, 2.24) is 20.0 Å². The van der Waals surface area contributed by atoms with Gasteiger partial charge in [0, 0.05) is 6.07 Å². The van der Waals surface area contributed by atoms with E-state index in [1.807, 2.05) is 45.0 Å². The van der Waals surface area contributed by atoms with Crippen LogP contribution in [-0.2, 0) is 15.1 Å². The van der Waals surface area contributed by atoms with Gasteiger partial charge in [-0.1, -0.05) is 36.8 Å². The number of benzene rings is 1. The van der Waals surface area contributed by atoms with Crippen molar-refractivity contribution >= 4 is 23.7 Å². The van der Waals surface area contributed by atoms with Gasteiger partial charge in [0.15, 0.2) is 0 Å². The van der Waals surface area contributed by atoms with Crippen molar-refractivity contribution in [3.8, 4) is 0 Å². The zero-order valence-electron chi connectivity index (χ0n) is 16.5. The molecule has 2 N–H and O–H groups in total. The number of urea groups is 1. The van der Waals surface area contributed by atoms with E-state index in [-0.39, 0.29) is 12.6 Å². The number of carbonyl (C=O) groups excluding carboxylic acids is 3. The molecular weight excluding hydrogens is 358 g/mol. The molecule has 3 rings (SSSR count). The molecule has 148 valence electrons. The number of rotatable bonds is 6. The summed E-state index contributed by atoms with van der Waals surface area (Å²) in [6.45, 7) is 7.25. The van der Waals surface area contributed by atoms with Crippen molar-refractivity contribution < 1.29 is 14.4 Å². The SMILES string of the molecule is CCC(C)n1nccc1NC(=O)CN1C(=O)NC(C)(c2ccc(C)cc2)C1=O. The smallest absolute Gasteiger partial charge is 0.319 e. The van der Waals surface area contributed by atoms with Crippen LogP contribution in [-0.4, -0.2) is 39.1 Å². The molecule has 0 saturated carbocycles. The van der Waals surface area contributed by atoms with Crippen molar-refractivity contribution in [2.45, 2.75) is 45.7 Å². The molecule has 1 aromatic carbocycles. The largest absolute Gasteiger partial charge is 0.325 e. The normalized spacial score (nSPS) is 20.2. The van der Waals surface area contributed by atoms with Crippen LogP contribution in [0.1, 0.15) is 44.4 Å². The lowest BCUT2D eigenvalue weighted by Gasteiger charge is -2.22. The molecule has 1 aliphatic heterocycles. The Morgan fingerprint density at radius 3 is 2.57 bits per heavy atom. The fourth-order valence-corrected chi connectivity index (χ4v) is 3.19. The van der Waals surface area contributed by atoms with Gasteiger partial charge in [-0.25, -0.2) is 9.48 Å². The molecule has 1 aliphatic rings. The number of anilines is 1. The lowest BCUT2D eigenvalue weighted by molar-refractivity contribution is -0.133. The van der Waals surface area contributed by atoms with Gasteiger partial charge in [0.2, 0.25) is 5.91 Å². The summed E-state index contributed by atoms with van der Waals surface area (Å²) in [6.07, 6.45) is 2.45. The van der Waals surface area contributed by atoms with Crippen molar-refractivity contribution in [1.29, 1.82) is 0 Å². The van der Waals surface area contributed by atoms with Gasteiger partial charge in [-0.05, 0) is 32.8 Å². The molecule has 2 atom stereocenters. The number of aryl methyl sites for hydroxylation is 1. The molecule has 28 heavy (non-hydrogen) atoms. The standard InChI is InChI=1S/C20H25N5O3/c1-5-14(3)25-16(10-11-21-25)22-17(26)12-24-18(27)20(4,23-19(24)28)15-8-6-13(2)7-9-15/h6-11,14H,5,12H2,1-4H3,(H,22,26)(H,23,28). The van der Waals surface area contributed by atoms with E-state index >= 15 is 0 Å². The molecule has 1 saturated heterocycles. The van der Waals surface area contributed by atoms with Crippen molar-refractivity contribution in [2.24, 2.45) is 0 Å². The minimum Gasteiger partial charge on any atom is -0.319 e. The van der Waals surface area contributed by atoms with Gasteiger partial charge in [-0.15, -0.1) is 0 Å². The predicted octanol–water partition coefficient (Wildman–Crippen LogP) is 2.57. The van der Waals surface area contributed by atoms with Crippen LogP contribution in [0.4, 0.5) is 10.6 Å². The van der Waals surface area contributed by atoms with Crippen molar-refractivity contribution in [3.63, 3.8) is 0 Å². The number of hydrogen-bond donors (Lipinski definition) is 2. The Morgan fingerprint density at radius 2 is 1.93 bits per heavy atom. The number of amides is 4. The lowest BCUT2D eigenvalue weighted by Crippen LogP contribution is -2.42. The minimum atomic E-state index is -1.19. The summed E-state index contributed by atoms with van der Waals surface area (Å²) in [7, 11) is 0. The number of aromatic nitrogens is 2. The molecule has 2 heterocycles. The van der Waals surface area contributed by atoms with E-state index in [1.165, 1.54) is 0 Å². The highest BCUT2D eigenvalue weighted by Crippen LogP contribution is 2.29. The molecule has 0 spiro atoms. The fourth-order valence-electron chi connectivity index (χ4n) is 3.19. The average Bonchev–Trinajstić information content (AvgIpc) is 3.20. The van der Waals surface area contributed by atoms with Gasteiger partial charge in [-0.2, -0.15) is 5.10 Å². The molecule has 0 radical (unpaired) electrons. The number of nitrogens with zero attached hydrogens (tertiary/aromatic N) is 3. The average molecular weight is 383 g/mol. The van der Waals surface area contributed by atoms with Gasteiger partial charge in [0.1, 0.15) is 17.9 Å². The van der Waals surface area contributed by atoms with Crippen LogP contribution in [0, 0.1) is 6.92 Å². The Kier molecular flexibility index (Phi) is 5.22. The summed E-state index contributed by atoms with van der Waals surface area (Å²) in [4.78, 5) is 38.8. The molecule has 2 aromatic rings. The maximum Gasteiger partial charge on any atom is 0.325 e. The zero-order chi connectivity index (χ0) is 20.5. The van der Waals surface area contributed by atoms with Crippen LogP contribution >= 0.6 is 0 Å². The molecule has 0 aliphatic carbocycles. The van der Waals surface area contributed by atoms with Crippen LogP contribution in [0.5, 0.6) is 0 Å². The van der Waals surface area contributed by atoms with E-state index in [1.54, 1.807) is 23.9 Å². The number of imide groups is 1. The Bertz CT molecular complexity index is 905. The summed E-state index contributed by atoms with van der Waals surface area (Å²) < 4.78 is 1.71. The van der Waals surface area contributed by atoms with Crippen molar-refractivity contribution in [3.05, 3.63) is 47.7 Å². The summed E-state index contributed by atoms with van der Waals surface area (Å²) in [5.74, 6) is -0.374. The summed E-state index contributed by atoms with van der Waals surface area (Å²) in [5, 5.41) is 9.66. The maximum atomic E-state index is 12.9. The quantitative estimate of drug-likeness (QED) is 0.750. The maximum absolute atomic E-state index is 12.9. The molecule has 4 amide bonds. The van der Waals surface area contributed by atoms with Gasteiger partial charge >= 0.3 is 6.03 Å². The van der Waals surface area contributed by atoms with Crippen LogP contribution in [0.3, 0.4) is 0 Å². The van der Waals surface area contributed by atoms with Gasteiger partial charge in [-0.3, -0.25) is 14.5 Å². The van der Waals surface area contributed by atoms with Crippen molar-refractivity contribution in [2.75, 3.05) is 11.9 Å². The third-order valence-corrected chi connectivity index (χ3v) is 5.15. The monoisotopic (exact) mass is 383 g/mol. The third kappa shape index (κ3) is 3.49. The Morgan fingerprint density at radius 1 is 1.25 bits per heavy atom. The molecule has 8 nitrogen and oxygen atoms in total. The summed E-state index contributed by atoms with van der Waals surface area (Å²) in [6, 6.07) is 8.60. The Labute approximate surface area is 163 Å². The highest BCUT2D eigenvalue weighted by Gasteiger charge is 2.49. The second kappa shape index (κ2) is 7.46. The van der Waals surface area contributed by atoms with Gasteiger partial charge in [0.25, 0.3) is 5.91 Å². The van der Waals surface area contributed by atoms with Gasteiger partial charge < -0.3 is 10.6 Å². The first kappa shape index (κ1) is 19.6. The van der Waals surface area contributed by atoms with Gasteiger partial charge in [0.05, 0.1) is 12.2 Å². The van der Waals surface area contributed by atoms with Crippen LogP contribution in [0.15, 0.2) is 36.5 Å². The zero-order valence-corrected chi connectivity index (χ0v) is 16.5. The Balaban J connectivity index is 1.73. The topological polar surface area (TPSA) is 96.3 Å². The molecule has 8 heteroatoms. The predicted molar refractivity (Wildman–Crippen MR) is 105 cm³/mol. The van der Waals surface area contributed by atoms with E-state index in [9.17, 15) is 14.4 Å². The molecule has 1 fully saturated rings. The number of carbonyl (C=O) groups is 3. The Hall–Kier alpha value is -3.16. The second-order valence-corrected chi connectivity index (χ2v) is 7.28. The first-order valence-corrected chi connectivity index (χ1v) is 9.31. The van der Waals surface area contributed by atoms with Crippen LogP contribution < -0.4 is 10.6 Å². The first-order chi connectivity index (χ1) is 13.3. The van der Waals surface area contributed by atoms with Crippen LogP contribution in [0.25, 0.3) is 0 Å². The molecular formula is C20H25N5O3. The molecule has 1 aromatic heterocycles. The molecule has 0 bridgehead atoms. The van der Waals surface area contributed by atoms with E-state index in [2.05, 4.69) is 15.7 Å². The van der Waals surface area contributed by atoms with E-state index in [4.69, 9.17) is 0 Å². The minimum absolute atomic E-state index is 0.117. The second-order valence-electron chi connectivity index (χ2n) is 7.28. The highest BCUT2D eigenvalue weighted by molar-refractivity contribution is 6.10. The van der Waals surface area contributed by atoms with Crippen LogP contribution in [0.2, 0.25) is 0 Å².